The first-order valence-electron chi connectivity index (χ1n) is 11.1. The molecule has 2 aliphatic carbocycles. The van der Waals surface area contributed by atoms with E-state index in [0.717, 1.165) is 36.4 Å². The topological polar surface area (TPSA) is 64.7 Å². The van der Waals surface area contributed by atoms with E-state index in [4.69, 9.17) is 0 Å². The molecule has 4 rings (SSSR count). The van der Waals surface area contributed by atoms with Crippen LogP contribution >= 0.6 is 0 Å². The minimum atomic E-state index is -4.57. The quantitative estimate of drug-likeness (QED) is 0.364. The van der Waals surface area contributed by atoms with Crippen LogP contribution in [0.4, 0.5) is 26.3 Å². The summed E-state index contributed by atoms with van der Waals surface area (Å²) in [6.45, 7) is 0.0447. The third kappa shape index (κ3) is 5.52. The molecule has 0 unspecified atom stereocenters. The fraction of sp³-hybridized carbons (Fsp3) is 0.667. The van der Waals surface area contributed by atoms with Crippen molar-refractivity contribution in [3.8, 4) is 0 Å². The number of aryl methyl sites for hydroxylation is 1. The average molecular weight is 477 g/mol. The van der Waals surface area contributed by atoms with E-state index < -0.39 is 29.6 Å². The van der Waals surface area contributed by atoms with Gasteiger partial charge in [-0.25, -0.2) is 0 Å². The molecule has 2 aromatic heterocycles. The molecular formula is C21H25F6N5O. The van der Waals surface area contributed by atoms with E-state index in [1.54, 1.807) is 0 Å². The number of amides is 1. The van der Waals surface area contributed by atoms with E-state index in [9.17, 15) is 31.1 Å². The zero-order valence-corrected chi connectivity index (χ0v) is 17.9. The van der Waals surface area contributed by atoms with E-state index in [0.29, 0.717) is 37.1 Å². The Morgan fingerprint density at radius 2 is 1.73 bits per heavy atom. The lowest BCUT2D eigenvalue weighted by molar-refractivity contribution is -0.142. The van der Waals surface area contributed by atoms with Gasteiger partial charge in [-0.05, 0) is 51.0 Å². The standard InChI is InChI=1S/C21H25F6N5O/c22-20(23,24)17-11-16(13-7-8-13)31(29-17)10-4-9-28-18(33)12-32-15-6-3-1-2-5-14(15)19(30-32)21(25,26)27/h11,13H,1-10,12H2,(H,28,33). The maximum atomic E-state index is 13.4. The van der Waals surface area contributed by atoms with Gasteiger partial charge in [0.2, 0.25) is 5.91 Å². The summed E-state index contributed by atoms with van der Waals surface area (Å²) in [5, 5.41) is 9.99. The largest absolute Gasteiger partial charge is 0.435 e. The van der Waals surface area contributed by atoms with Crippen LogP contribution in [0.15, 0.2) is 6.07 Å². The smallest absolute Gasteiger partial charge is 0.354 e. The van der Waals surface area contributed by atoms with Crippen molar-refractivity contribution in [1.29, 1.82) is 0 Å². The number of hydrogen-bond acceptors (Lipinski definition) is 3. The second-order valence-electron chi connectivity index (χ2n) is 8.64. The molecule has 6 nitrogen and oxygen atoms in total. The highest BCUT2D eigenvalue weighted by Gasteiger charge is 2.39. The summed E-state index contributed by atoms with van der Waals surface area (Å²) in [6, 6.07) is 1.08. The van der Waals surface area contributed by atoms with Gasteiger partial charge in [-0.2, -0.15) is 36.5 Å². The van der Waals surface area contributed by atoms with Crippen LogP contribution in [0.1, 0.15) is 72.8 Å². The molecule has 0 bridgehead atoms. The fourth-order valence-electron chi connectivity index (χ4n) is 4.31. The number of aromatic nitrogens is 4. The van der Waals surface area contributed by atoms with Crippen molar-refractivity contribution in [1.82, 2.24) is 24.9 Å². The Labute approximate surface area is 186 Å². The highest BCUT2D eigenvalue weighted by Crippen LogP contribution is 2.42. The zero-order chi connectivity index (χ0) is 23.8. The van der Waals surface area contributed by atoms with Crippen molar-refractivity contribution in [2.45, 2.75) is 82.7 Å². The van der Waals surface area contributed by atoms with Crippen LogP contribution in [0.2, 0.25) is 0 Å². The predicted molar refractivity (Wildman–Crippen MR) is 105 cm³/mol. The summed E-state index contributed by atoms with van der Waals surface area (Å²) in [4.78, 5) is 12.4. The van der Waals surface area contributed by atoms with Gasteiger partial charge in [0.05, 0.1) is 0 Å². The Hall–Kier alpha value is -2.53. The summed E-state index contributed by atoms with van der Waals surface area (Å²) in [7, 11) is 0. The number of nitrogens with zero attached hydrogens (tertiary/aromatic N) is 4. The minimum Gasteiger partial charge on any atom is -0.354 e. The maximum absolute atomic E-state index is 13.4. The molecule has 182 valence electrons. The van der Waals surface area contributed by atoms with Crippen LogP contribution in [-0.2, 0) is 43.1 Å². The summed E-state index contributed by atoms with van der Waals surface area (Å²) >= 11 is 0. The number of fused-ring (bicyclic) bond motifs is 1. The monoisotopic (exact) mass is 477 g/mol. The fourth-order valence-corrected chi connectivity index (χ4v) is 4.31. The minimum absolute atomic E-state index is 0.0843. The molecule has 0 aliphatic heterocycles. The molecule has 0 saturated heterocycles. The normalized spacial score (nSPS) is 17.0. The maximum Gasteiger partial charge on any atom is 0.435 e. The first-order valence-corrected chi connectivity index (χ1v) is 11.1. The molecule has 2 aliphatic rings. The molecule has 2 aromatic rings. The molecule has 0 atom stereocenters. The van der Waals surface area contributed by atoms with Gasteiger partial charge < -0.3 is 5.32 Å². The lowest BCUT2D eigenvalue weighted by Crippen LogP contribution is -2.30. The Bertz CT molecular complexity index is 1000. The van der Waals surface area contributed by atoms with Crippen molar-refractivity contribution in [2.75, 3.05) is 6.54 Å². The zero-order valence-electron chi connectivity index (χ0n) is 17.9. The van der Waals surface area contributed by atoms with E-state index in [1.807, 2.05) is 0 Å². The number of carbonyl (C=O) groups excluding carboxylic acids is 1. The third-order valence-electron chi connectivity index (χ3n) is 6.03. The molecule has 0 radical (unpaired) electrons. The van der Waals surface area contributed by atoms with E-state index in [2.05, 4.69) is 15.5 Å². The first kappa shape index (κ1) is 23.6. The molecule has 1 saturated carbocycles. The predicted octanol–water partition coefficient (Wildman–Crippen LogP) is 4.47. The van der Waals surface area contributed by atoms with Gasteiger partial charge in [0, 0.05) is 36.0 Å². The highest BCUT2D eigenvalue weighted by molar-refractivity contribution is 5.75. The number of rotatable bonds is 7. The van der Waals surface area contributed by atoms with Gasteiger partial charge >= 0.3 is 12.4 Å². The van der Waals surface area contributed by atoms with Crippen LogP contribution in [0.3, 0.4) is 0 Å². The lowest BCUT2D eigenvalue weighted by Gasteiger charge is -2.10. The molecular weight excluding hydrogens is 452 g/mol. The Kier molecular flexibility index (Phi) is 6.45. The number of halogens is 6. The second-order valence-corrected chi connectivity index (χ2v) is 8.64. The molecule has 12 heteroatoms. The van der Waals surface area contributed by atoms with Crippen LogP contribution in [0.25, 0.3) is 0 Å². The summed E-state index contributed by atoms with van der Waals surface area (Å²) in [5.74, 6) is -0.404. The Morgan fingerprint density at radius 1 is 1.00 bits per heavy atom. The van der Waals surface area contributed by atoms with Gasteiger partial charge in [0.25, 0.3) is 0 Å². The molecule has 1 fully saturated rings. The molecule has 33 heavy (non-hydrogen) atoms. The van der Waals surface area contributed by atoms with E-state index in [-0.39, 0.29) is 31.1 Å². The van der Waals surface area contributed by atoms with E-state index in [1.165, 1.54) is 4.68 Å². The molecule has 2 heterocycles. The molecule has 0 spiro atoms. The highest BCUT2D eigenvalue weighted by atomic mass is 19.4. The summed E-state index contributed by atoms with van der Waals surface area (Å²) in [6.07, 6.45) is -4.14. The van der Waals surface area contributed by atoms with Gasteiger partial charge in [-0.3, -0.25) is 14.2 Å². The average Bonchev–Trinajstić information content (AvgIpc) is 3.43. The first-order chi connectivity index (χ1) is 15.5. The number of hydrogen-bond donors (Lipinski definition) is 1. The molecule has 1 N–H and O–H groups in total. The van der Waals surface area contributed by atoms with E-state index >= 15 is 0 Å². The second kappa shape index (κ2) is 9.02. The molecule has 1 amide bonds. The van der Waals surface area contributed by atoms with Gasteiger partial charge in [0.1, 0.15) is 6.54 Å². The Balaban J connectivity index is 1.35. The van der Waals surface area contributed by atoms with Crippen molar-refractivity contribution >= 4 is 5.91 Å². The van der Waals surface area contributed by atoms with Crippen molar-refractivity contribution in [2.24, 2.45) is 0 Å². The lowest BCUT2D eigenvalue weighted by atomic mass is 10.1. The van der Waals surface area contributed by atoms with Crippen LogP contribution in [-0.4, -0.2) is 32.0 Å². The molecule has 0 aromatic carbocycles. The number of carbonyl (C=O) groups is 1. The van der Waals surface area contributed by atoms with Gasteiger partial charge in [-0.1, -0.05) is 6.42 Å². The van der Waals surface area contributed by atoms with Crippen LogP contribution < -0.4 is 5.32 Å². The van der Waals surface area contributed by atoms with Crippen molar-refractivity contribution < 1.29 is 31.1 Å². The third-order valence-corrected chi connectivity index (χ3v) is 6.03. The number of nitrogens with one attached hydrogen (secondary N) is 1. The summed E-state index contributed by atoms with van der Waals surface area (Å²) < 4.78 is 81.6. The van der Waals surface area contributed by atoms with Crippen LogP contribution in [0.5, 0.6) is 0 Å². The van der Waals surface area contributed by atoms with Gasteiger partial charge in [0.15, 0.2) is 11.4 Å². The van der Waals surface area contributed by atoms with Crippen molar-refractivity contribution in [3.05, 3.63) is 34.4 Å². The van der Waals surface area contributed by atoms with Crippen molar-refractivity contribution in [3.63, 3.8) is 0 Å². The van der Waals surface area contributed by atoms with Crippen LogP contribution in [0, 0.1) is 0 Å². The summed E-state index contributed by atoms with van der Waals surface area (Å²) in [5.41, 5.74) is -0.653. The Morgan fingerprint density at radius 3 is 2.39 bits per heavy atom. The SMILES string of the molecule is O=C(Cn1nc(C(F)(F)F)c2c1CCCCC2)NCCCn1nc(C(F)(F)F)cc1C1CC1. The van der Waals surface area contributed by atoms with Gasteiger partial charge in [-0.15, -0.1) is 0 Å². The number of alkyl halides is 6.